The van der Waals surface area contributed by atoms with Gasteiger partial charge in [-0.1, -0.05) is 13.8 Å². The third-order valence-electron chi connectivity index (χ3n) is 5.10. The summed E-state index contributed by atoms with van der Waals surface area (Å²) in [7, 11) is 0. The molecule has 0 radical (unpaired) electrons. The number of rotatable bonds is 3. The van der Waals surface area contributed by atoms with Crippen LogP contribution < -0.4 is 5.73 Å². The van der Waals surface area contributed by atoms with Crippen LogP contribution in [-0.4, -0.2) is 43.8 Å². The lowest BCUT2D eigenvalue weighted by atomic mass is 9.79. The molecule has 2 aliphatic heterocycles. The van der Waals surface area contributed by atoms with Crippen LogP contribution in [0.3, 0.4) is 0 Å². The highest BCUT2D eigenvalue weighted by Gasteiger charge is 2.37. The summed E-state index contributed by atoms with van der Waals surface area (Å²) in [6.07, 6.45) is 3.77. The summed E-state index contributed by atoms with van der Waals surface area (Å²) < 4.78 is 5.70. The molecule has 0 amide bonds. The zero-order chi connectivity index (χ0) is 13.2. The second-order valence-corrected chi connectivity index (χ2v) is 6.85. The monoisotopic (exact) mass is 254 g/mol. The van der Waals surface area contributed by atoms with Gasteiger partial charge in [0.25, 0.3) is 0 Å². The standard InChI is InChI=1S/C15H30N2O/c1-12-7-13(2)14(3)17(8-12)10-15(9-16)5-4-6-18-11-15/h12-14H,4-11,16H2,1-3H3. The highest BCUT2D eigenvalue weighted by atomic mass is 16.5. The number of nitrogens with zero attached hydrogens (tertiary/aromatic N) is 1. The van der Waals surface area contributed by atoms with Crippen molar-refractivity contribution >= 4 is 0 Å². The minimum absolute atomic E-state index is 0.212. The molecule has 2 rings (SSSR count). The molecule has 2 fully saturated rings. The van der Waals surface area contributed by atoms with Crippen LogP contribution in [0.5, 0.6) is 0 Å². The lowest BCUT2D eigenvalue weighted by Gasteiger charge is -2.47. The van der Waals surface area contributed by atoms with E-state index < -0.39 is 0 Å². The second kappa shape index (κ2) is 5.89. The van der Waals surface area contributed by atoms with Gasteiger partial charge in [-0.05, 0) is 38.0 Å². The molecule has 4 atom stereocenters. The molecule has 2 aliphatic rings. The first kappa shape index (κ1) is 14.3. The van der Waals surface area contributed by atoms with Crippen molar-refractivity contribution in [2.75, 3.05) is 32.8 Å². The minimum Gasteiger partial charge on any atom is -0.381 e. The summed E-state index contributed by atoms with van der Waals surface area (Å²) >= 11 is 0. The van der Waals surface area contributed by atoms with Gasteiger partial charge in [-0.25, -0.2) is 0 Å². The Morgan fingerprint density at radius 2 is 2.11 bits per heavy atom. The van der Waals surface area contributed by atoms with Crippen LogP contribution in [-0.2, 0) is 4.74 Å². The molecular formula is C15H30N2O. The number of ether oxygens (including phenoxy) is 1. The zero-order valence-electron chi connectivity index (χ0n) is 12.3. The van der Waals surface area contributed by atoms with E-state index in [2.05, 4.69) is 25.7 Å². The molecule has 3 nitrogen and oxygen atoms in total. The summed E-state index contributed by atoms with van der Waals surface area (Å²) in [5.41, 5.74) is 6.28. The van der Waals surface area contributed by atoms with E-state index >= 15 is 0 Å². The van der Waals surface area contributed by atoms with Crippen molar-refractivity contribution in [3.05, 3.63) is 0 Å². The number of hydrogen-bond acceptors (Lipinski definition) is 3. The van der Waals surface area contributed by atoms with Crippen LogP contribution in [0, 0.1) is 17.3 Å². The Balaban J connectivity index is 2.01. The summed E-state index contributed by atoms with van der Waals surface area (Å²) in [5.74, 6) is 1.61. The summed E-state index contributed by atoms with van der Waals surface area (Å²) in [6, 6.07) is 0.687. The lowest BCUT2D eigenvalue weighted by Crippen LogP contribution is -2.54. The highest BCUT2D eigenvalue weighted by Crippen LogP contribution is 2.33. The maximum atomic E-state index is 6.06. The molecule has 0 aromatic rings. The van der Waals surface area contributed by atoms with E-state index in [0.29, 0.717) is 6.04 Å². The molecule has 0 aromatic carbocycles. The van der Waals surface area contributed by atoms with Crippen molar-refractivity contribution in [1.82, 2.24) is 4.90 Å². The fourth-order valence-corrected chi connectivity index (χ4v) is 3.73. The van der Waals surface area contributed by atoms with Gasteiger partial charge in [-0.3, -0.25) is 4.90 Å². The zero-order valence-corrected chi connectivity index (χ0v) is 12.3. The van der Waals surface area contributed by atoms with Crippen molar-refractivity contribution in [2.24, 2.45) is 23.0 Å². The molecule has 0 spiro atoms. The third kappa shape index (κ3) is 3.06. The van der Waals surface area contributed by atoms with Gasteiger partial charge in [0.2, 0.25) is 0 Å². The Hall–Kier alpha value is -0.120. The molecule has 3 heteroatoms. The van der Waals surface area contributed by atoms with Gasteiger partial charge in [-0.15, -0.1) is 0 Å². The minimum atomic E-state index is 0.212. The summed E-state index contributed by atoms with van der Waals surface area (Å²) in [5, 5.41) is 0. The molecule has 2 saturated heterocycles. The predicted molar refractivity (Wildman–Crippen MR) is 75.5 cm³/mol. The number of likely N-dealkylation sites (tertiary alicyclic amines) is 1. The maximum Gasteiger partial charge on any atom is 0.0546 e. The second-order valence-electron chi connectivity index (χ2n) is 6.85. The van der Waals surface area contributed by atoms with Crippen LogP contribution in [0.15, 0.2) is 0 Å². The first-order valence-electron chi connectivity index (χ1n) is 7.58. The molecule has 0 bridgehead atoms. The molecule has 0 saturated carbocycles. The smallest absolute Gasteiger partial charge is 0.0546 e. The Morgan fingerprint density at radius 3 is 2.72 bits per heavy atom. The molecule has 18 heavy (non-hydrogen) atoms. The van der Waals surface area contributed by atoms with Crippen LogP contribution >= 0.6 is 0 Å². The van der Waals surface area contributed by atoms with E-state index in [1.165, 1.54) is 25.8 Å². The largest absolute Gasteiger partial charge is 0.381 e. The SMILES string of the molecule is CC1CC(C)C(C)N(CC2(CN)CCCOC2)C1. The van der Waals surface area contributed by atoms with Crippen molar-refractivity contribution in [1.29, 1.82) is 0 Å². The van der Waals surface area contributed by atoms with Crippen molar-refractivity contribution in [2.45, 2.75) is 46.1 Å². The van der Waals surface area contributed by atoms with E-state index in [1.54, 1.807) is 0 Å². The van der Waals surface area contributed by atoms with Gasteiger partial charge in [0.1, 0.15) is 0 Å². The number of hydrogen-bond donors (Lipinski definition) is 1. The Labute approximate surface area is 112 Å². The Morgan fingerprint density at radius 1 is 1.33 bits per heavy atom. The normalized spacial score (nSPS) is 43.0. The topological polar surface area (TPSA) is 38.5 Å². The fourth-order valence-electron chi connectivity index (χ4n) is 3.73. The Kier molecular flexibility index (Phi) is 4.68. The maximum absolute atomic E-state index is 6.06. The van der Waals surface area contributed by atoms with Crippen LogP contribution in [0.2, 0.25) is 0 Å². The average Bonchev–Trinajstić information content (AvgIpc) is 2.36. The van der Waals surface area contributed by atoms with E-state index in [9.17, 15) is 0 Å². The number of nitrogens with two attached hydrogens (primary N) is 1. The molecule has 2 heterocycles. The summed E-state index contributed by atoms with van der Waals surface area (Å²) in [4.78, 5) is 2.67. The van der Waals surface area contributed by atoms with E-state index in [0.717, 1.165) is 38.1 Å². The predicted octanol–water partition coefficient (Wildman–Crippen LogP) is 2.11. The average molecular weight is 254 g/mol. The van der Waals surface area contributed by atoms with Crippen molar-refractivity contribution in [3.8, 4) is 0 Å². The lowest BCUT2D eigenvalue weighted by molar-refractivity contribution is -0.0431. The van der Waals surface area contributed by atoms with Gasteiger partial charge >= 0.3 is 0 Å². The van der Waals surface area contributed by atoms with E-state index in [4.69, 9.17) is 10.5 Å². The molecular weight excluding hydrogens is 224 g/mol. The first-order chi connectivity index (χ1) is 8.56. The molecule has 4 unspecified atom stereocenters. The van der Waals surface area contributed by atoms with Crippen molar-refractivity contribution in [3.63, 3.8) is 0 Å². The van der Waals surface area contributed by atoms with Gasteiger partial charge < -0.3 is 10.5 Å². The van der Waals surface area contributed by atoms with Crippen molar-refractivity contribution < 1.29 is 4.74 Å². The van der Waals surface area contributed by atoms with Crippen LogP contribution in [0.25, 0.3) is 0 Å². The number of piperidine rings is 1. The molecule has 0 aliphatic carbocycles. The first-order valence-corrected chi connectivity index (χ1v) is 7.58. The van der Waals surface area contributed by atoms with E-state index in [1.807, 2.05) is 0 Å². The fraction of sp³-hybridized carbons (Fsp3) is 1.00. The molecule has 2 N–H and O–H groups in total. The van der Waals surface area contributed by atoms with Gasteiger partial charge in [0, 0.05) is 37.7 Å². The molecule has 106 valence electrons. The molecule has 0 aromatic heterocycles. The van der Waals surface area contributed by atoms with Crippen LogP contribution in [0.4, 0.5) is 0 Å². The van der Waals surface area contributed by atoms with Gasteiger partial charge in [0.05, 0.1) is 6.61 Å². The summed E-state index contributed by atoms with van der Waals surface area (Å²) in [6.45, 7) is 12.0. The Bertz CT molecular complexity index is 263. The van der Waals surface area contributed by atoms with E-state index in [-0.39, 0.29) is 5.41 Å². The third-order valence-corrected chi connectivity index (χ3v) is 5.10. The van der Waals surface area contributed by atoms with Crippen LogP contribution in [0.1, 0.15) is 40.0 Å². The van der Waals surface area contributed by atoms with Gasteiger partial charge in [0.15, 0.2) is 0 Å². The van der Waals surface area contributed by atoms with Gasteiger partial charge in [-0.2, -0.15) is 0 Å². The quantitative estimate of drug-likeness (QED) is 0.838. The highest BCUT2D eigenvalue weighted by molar-refractivity contribution is 4.90.